The van der Waals surface area contributed by atoms with Gasteiger partial charge in [0.25, 0.3) is 0 Å². The van der Waals surface area contributed by atoms with E-state index in [-0.39, 0.29) is 17.7 Å². The molecule has 3 amide bonds. The molecule has 1 rings (SSSR count). The smallest absolute Gasteiger partial charge is 0.408 e. The molecule has 198 valence electrons. The minimum absolute atomic E-state index is 0.138. The SMILES string of the molecule is CCCCCNC(=O)C(c1ccc(C)cc1)N(CCC)C(=O)C(NC(=O)OC(C)(C)C)C(C)CC. The molecule has 0 spiro atoms. The third-order valence-corrected chi connectivity index (χ3v) is 5.93. The minimum Gasteiger partial charge on any atom is -0.444 e. The number of hydrogen-bond donors (Lipinski definition) is 2. The second kappa shape index (κ2) is 14.7. The van der Waals surface area contributed by atoms with Crippen LogP contribution in [0.15, 0.2) is 24.3 Å². The summed E-state index contributed by atoms with van der Waals surface area (Å²) < 4.78 is 5.43. The molecule has 1 aromatic carbocycles. The summed E-state index contributed by atoms with van der Waals surface area (Å²) in [4.78, 5) is 41.7. The van der Waals surface area contributed by atoms with Gasteiger partial charge in [0.1, 0.15) is 17.7 Å². The summed E-state index contributed by atoms with van der Waals surface area (Å²) >= 11 is 0. The highest BCUT2D eigenvalue weighted by atomic mass is 16.6. The van der Waals surface area contributed by atoms with E-state index in [9.17, 15) is 14.4 Å². The first-order valence-electron chi connectivity index (χ1n) is 13.1. The lowest BCUT2D eigenvalue weighted by atomic mass is 9.95. The van der Waals surface area contributed by atoms with Gasteiger partial charge >= 0.3 is 6.09 Å². The molecule has 0 aromatic heterocycles. The average Bonchev–Trinajstić information content (AvgIpc) is 2.79. The van der Waals surface area contributed by atoms with Gasteiger partial charge in [-0.2, -0.15) is 0 Å². The number of alkyl carbamates (subject to hydrolysis) is 1. The summed E-state index contributed by atoms with van der Waals surface area (Å²) in [5.74, 6) is -0.617. The number of benzene rings is 1. The van der Waals surface area contributed by atoms with Gasteiger partial charge in [0.15, 0.2) is 0 Å². The van der Waals surface area contributed by atoms with Gasteiger partial charge in [0, 0.05) is 13.1 Å². The van der Waals surface area contributed by atoms with E-state index in [4.69, 9.17) is 4.74 Å². The van der Waals surface area contributed by atoms with Crippen LogP contribution in [0.25, 0.3) is 0 Å². The van der Waals surface area contributed by atoms with E-state index in [0.717, 1.165) is 30.4 Å². The van der Waals surface area contributed by atoms with E-state index in [0.29, 0.717) is 25.9 Å². The fourth-order valence-electron chi connectivity index (χ4n) is 3.81. The molecule has 3 atom stereocenters. The average molecular weight is 490 g/mol. The van der Waals surface area contributed by atoms with Crippen molar-refractivity contribution in [3.8, 4) is 0 Å². The number of carbonyl (C=O) groups is 3. The van der Waals surface area contributed by atoms with Crippen LogP contribution in [-0.2, 0) is 14.3 Å². The molecule has 0 fully saturated rings. The van der Waals surface area contributed by atoms with Gasteiger partial charge in [0.2, 0.25) is 11.8 Å². The Morgan fingerprint density at radius 3 is 2.14 bits per heavy atom. The molecule has 0 bridgehead atoms. The van der Waals surface area contributed by atoms with Crippen LogP contribution in [0.3, 0.4) is 0 Å². The molecule has 7 heteroatoms. The number of unbranched alkanes of at least 4 members (excludes halogenated alkanes) is 2. The minimum atomic E-state index is -0.803. The molecule has 0 saturated heterocycles. The largest absolute Gasteiger partial charge is 0.444 e. The van der Waals surface area contributed by atoms with Gasteiger partial charge in [-0.25, -0.2) is 4.79 Å². The summed E-state index contributed by atoms with van der Waals surface area (Å²) in [6, 6.07) is 6.13. The summed E-state index contributed by atoms with van der Waals surface area (Å²) in [5, 5.41) is 5.83. The lowest BCUT2D eigenvalue weighted by Crippen LogP contribution is -2.55. The lowest BCUT2D eigenvalue weighted by Gasteiger charge is -2.36. The Labute approximate surface area is 212 Å². The van der Waals surface area contributed by atoms with Crippen LogP contribution in [0.5, 0.6) is 0 Å². The second-order valence-electron chi connectivity index (χ2n) is 10.4. The first-order chi connectivity index (χ1) is 16.4. The molecule has 0 heterocycles. The van der Waals surface area contributed by atoms with Crippen molar-refractivity contribution < 1.29 is 19.1 Å². The predicted octanol–water partition coefficient (Wildman–Crippen LogP) is 5.52. The van der Waals surface area contributed by atoms with Crippen LogP contribution in [0.2, 0.25) is 0 Å². The highest BCUT2D eigenvalue weighted by Crippen LogP contribution is 2.25. The van der Waals surface area contributed by atoms with Crippen LogP contribution in [0, 0.1) is 12.8 Å². The third-order valence-electron chi connectivity index (χ3n) is 5.93. The standard InChI is InChI=1S/C28H47N3O4/c1-9-12-13-18-29-25(32)24(22-16-14-20(4)15-17-22)31(19-10-2)26(33)23(21(5)11-3)30-27(34)35-28(6,7)8/h14-17,21,23-24H,9-13,18-19H2,1-8H3,(H,29,32)(H,30,34). The molecule has 35 heavy (non-hydrogen) atoms. The summed E-state index contributed by atoms with van der Waals surface area (Å²) in [6.07, 6.45) is 3.71. The van der Waals surface area contributed by atoms with Gasteiger partial charge in [-0.3, -0.25) is 9.59 Å². The molecule has 0 aliphatic carbocycles. The number of nitrogens with one attached hydrogen (secondary N) is 2. The van der Waals surface area contributed by atoms with Gasteiger partial charge in [-0.05, 0) is 52.0 Å². The molecule has 1 aromatic rings. The van der Waals surface area contributed by atoms with Gasteiger partial charge in [-0.1, -0.05) is 76.8 Å². The maximum atomic E-state index is 14.0. The number of amides is 3. The Kier molecular flexibility index (Phi) is 12.8. The highest BCUT2D eigenvalue weighted by Gasteiger charge is 2.37. The third kappa shape index (κ3) is 10.3. The molecule has 2 N–H and O–H groups in total. The van der Waals surface area contributed by atoms with Crippen molar-refractivity contribution >= 4 is 17.9 Å². The van der Waals surface area contributed by atoms with Crippen molar-refractivity contribution in [2.24, 2.45) is 5.92 Å². The Balaban J connectivity index is 3.35. The maximum Gasteiger partial charge on any atom is 0.408 e. The Morgan fingerprint density at radius 2 is 1.63 bits per heavy atom. The molecule has 0 radical (unpaired) electrons. The molecule has 0 aliphatic rings. The van der Waals surface area contributed by atoms with E-state index < -0.39 is 23.8 Å². The summed E-state index contributed by atoms with van der Waals surface area (Å²) in [5.41, 5.74) is 1.15. The zero-order valence-corrected chi connectivity index (χ0v) is 23.1. The first-order valence-corrected chi connectivity index (χ1v) is 13.1. The summed E-state index contributed by atoms with van der Waals surface area (Å²) in [6.45, 7) is 16.3. The van der Waals surface area contributed by atoms with Crippen molar-refractivity contribution in [3.05, 3.63) is 35.4 Å². The zero-order valence-electron chi connectivity index (χ0n) is 23.1. The highest BCUT2D eigenvalue weighted by molar-refractivity contribution is 5.92. The van der Waals surface area contributed by atoms with E-state index in [1.54, 1.807) is 25.7 Å². The Morgan fingerprint density at radius 1 is 1.00 bits per heavy atom. The van der Waals surface area contributed by atoms with Gasteiger partial charge in [-0.15, -0.1) is 0 Å². The lowest BCUT2D eigenvalue weighted by molar-refractivity contribution is -0.143. The quantitative estimate of drug-likeness (QED) is 0.357. The van der Waals surface area contributed by atoms with Crippen LogP contribution >= 0.6 is 0 Å². The number of rotatable bonds is 13. The van der Waals surface area contributed by atoms with Crippen molar-refractivity contribution in [2.45, 2.75) is 105 Å². The molecule has 0 saturated carbocycles. The van der Waals surface area contributed by atoms with Crippen molar-refractivity contribution in [1.29, 1.82) is 0 Å². The summed E-state index contributed by atoms with van der Waals surface area (Å²) in [7, 11) is 0. The molecule has 3 unspecified atom stereocenters. The number of hydrogen-bond acceptors (Lipinski definition) is 4. The molecular formula is C28H47N3O4. The normalized spacial score (nSPS) is 13.9. The number of ether oxygens (including phenoxy) is 1. The predicted molar refractivity (Wildman–Crippen MR) is 141 cm³/mol. The zero-order chi connectivity index (χ0) is 26.6. The van der Waals surface area contributed by atoms with Crippen LogP contribution in [0.1, 0.15) is 97.7 Å². The van der Waals surface area contributed by atoms with E-state index in [1.165, 1.54) is 0 Å². The molecular weight excluding hydrogens is 442 g/mol. The second-order valence-corrected chi connectivity index (χ2v) is 10.4. The first kappa shape index (κ1) is 30.5. The fourth-order valence-corrected chi connectivity index (χ4v) is 3.81. The van der Waals surface area contributed by atoms with Crippen molar-refractivity contribution in [2.75, 3.05) is 13.1 Å². The number of carbonyl (C=O) groups excluding carboxylic acids is 3. The van der Waals surface area contributed by atoms with E-state index in [1.807, 2.05) is 52.0 Å². The Hall–Kier alpha value is -2.57. The van der Waals surface area contributed by atoms with Crippen molar-refractivity contribution in [1.82, 2.24) is 15.5 Å². The van der Waals surface area contributed by atoms with Gasteiger partial charge < -0.3 is 20.3 Å². The molecule has 0 aliphatic heterocycles. The number of aryl methyl sites for hydroxylation is 1. The monoisotopic (exact) mass is 489 g/mol. The van der Waals surface area contributed by atoms with Gasteiger partial charge in [0.05, 0.1) is 0 Å². The van der Waals surface area contributed by atoms with Crippen LogP contribution in [-0.4, -0.2) is 47.5 Å². The molecule has 7 nitrogen and oxygen atoms in total. The van der Waals surface area contributed by atoms with E-state index in [2.05, 4.69) is 17.6 Å². The maximum absolute atomic E-state index is 14.0. The number of nitrogens with zero attached hydrogens (tertiary/aromatic N) is 1. The van der Waals surface area contributed by atoms with Crippen molar-refractivity contribution in [3.63, 3.8) is 0 Å². The van der Waals surface area contributed by atoms with Crippen LogP contribution < -0.4 is 10.6 Å². The fraction of sp³-hybridized carbons (Fsp3) is 0.679. The van der Waals surface area contributed by atoms with E-state index >= 15 is 0 Å². The topological polar surface area (TPSA) is 87.7 Å². The Bertz CT molecular complexity index is 801. The van der Waals surface area contributed by atoms with Crippen LogP contribution in [0.4, 0.5) is 4.79 Å².